The topological polar surface area (TPSA) is 70.1 Å². The van der Waals surface area contributed by atoms with E-state index in [1.165, 1.54) is 0 Å². The van der Waals surface area contributed by atoms with Gasteiger partial charge < -0.3 is 10.6 Å². The Hall–Kier alpha value is -1.86. The maximum absolute atomic E-state index is 12.2. The van der Waals surface area contributed by atoms with Gasteiger partial charge in [0, 0.05) is 24.7 Å². The molecule has 4 nitrogen and oxygen atoms in total. The van der Waals surface area contributed by atoms with Crippen molar-refractivity contribution in [3.05, 3.63) is 29.8 Å². The minimum atomic E-state index is -0.321. The van der Waals surface area contributed by atoms with Gasteiger partial charge in [-0.3, -0.25) is 4.79 Å². The van der Waals surface area contributed by atoms with Gasteiger partial charge in [-0.15, -0.1) is 0 Å². The first-order valence-corrected chi connectivity index (χ1v) is 6.60. The highest BCUT2D eigenvalue weighted by molar-refractivity contribution is 5.93. The second kappa shape index (κ2) is 5.41. The van der Waals surface area contributed by atoms with Gasteiger partial charge in [0.05, 0.1) is 11.6 Å². The largest absolute Gasteiger partial charge is 0.325 e. The third kappa shape index (κ3) is 3.12. The van der Waals surface area contributed by atoms with Crippen LogP contribution in [0.3, 0.4) is 0 Å². The van der Waals surface area contributed by atoms with E-state index in [9.17, 15) is 4.79 Å². The molecule has 0 aromatic heterocycles. The first-order chi connectivity index (χ1) is 9.04. The average molecular weight is 257 g/mol. The van der Waals surface area contributed by atoms with Crippen LogP contribution in [0.1, 0.15) is 37.7 Å². The Labute approximate surface area is 113 Å². The molecule has 0 unspecified atom stereocenters. The summed E-state index contributed by atoms with van der Waals surface area (Å²) in [5, 5.41) is 8.75. The summed E-state index contributed by atoms with van der Waals surface area (Å²) in [7, 11) is 1.75. The van der Waals surface area contributed by atoms with Crippen molar-refractivity contribution in [3.8, 4) is 6.07 Å². The summed E-state index contributed by atoms with van der Waals surface area (Å²) in [5.41, 5.74) is 7.30. The van der Waals surface area contributed by atoms with E-state index in [-0.39, 0.29) is 11.4 Å². The number of nitrogens with two attached hydrogens (primary N) is 1. The average Bonchev–Trinajstić information content (AvgIpc) is 2.84. The van der Waals surface area contributed by atoms with Crippen LogP contribution in [0.2, 0.25) is 0 Å². The maximum Gasteiger partial charge on any atom is 0.228 e. The van der Waals surface area contributed by atoms with Gasteiger partial charge in [0.25, 0.3) is 0 Å². The van der Waals surface area contributed by atoms with Gasteiger partial charge >= 0.3 is 0 Å². The van der Waals surface area contributed by atoms with Crippen LogP contribution in [0.4, 0.5) is 5.69 Å². The van der Waals surface area contributed by atoms with Crippen LogP contribution in [0.5, 0.6) is 0 Å². The molecule has 1 fully saturated rings. The molecule has 0 heterocycles. The lowest BCUT2D eigenvalue weighted by molar-refractivity contribution is -0.119. The molecule has 0 radical (unpaired) electrons. The maximum atomic E-state index is 12.2. The predicted octanol–water partition coefficient (Wildman–Crippen LogP) is 2.18. The van der Waals surface area contributed by atoms with Crippen molar-refractivity contribution in [3.63, 3.8) is 0 Å². The molecule has 1 aliphatic carbocycles. The highest BCUT2D eigenvalue weighted by Gasteiger charge is 2.32. The number of hydrogen-bond donors (Lipinski definition) is 1. The quantitative estimate of drug-likeness (QED) is 0.902. The van der Waals surface area contributed by atoms with Gasteiger partial charge in [0.2, 0.25) is 5.91 Å². The highest BCUT2D eigenvalue weighted by atomic mass is 16.2. The molecule has 4 heteroatoms. The van der Waals surface area contributed by atoms with E-state index in [1.54, 1.807) is 36.2 Å². The fourth-order valence-corrected chi connectivity index (χ4v) is 2.58. The molecule has 1 amide bonds. The minimum absolute atomic E-state index is 0.0362. The molecule has 2 N–H and O–H groups in total. The smallest absolute Gasteiger partial charge is 0.228 e. The normalized spacial score (nSPS) is 16.9. The number of hydrogen-bond acceptors (Lipinski definition) is 3. The van der Waals surface area contributed by atoms with Crippen molar-refractivity contribution in [2.75, 3.05) is 11.9 Å². The van der Waals surface area contributed by atoms with Gasteiger partial charge in [-0.2, -0.15) is 5.26 Å². The molecule has 1 aromatic rings. The van der Waals surface area contributed by atoms with Crippen molar-refractivity contribution in [1.82, 2.24) is 0 Å². The standard InChI is InChI=1S/C15H19N3O/c1-18(13-6-4-12(11-16)5-7-13)14(19)10-15(17)8-2-3-9-15/h4-7H,2-3,8-10,17H2,1H3. The Morgan fingerprint density at radius 2 is 1.95 bits per heavy atom. The first kappa shape index (κ1) is 13.6. The molecule has 0 aliphatic heterocycles. The van der Waals surface area contributed by atoms with E-state index in [0.717, 1.165) is 31.4 Å². The number of anilines is 1. The Morgan fingerprint density at radius 1 is 1.37 bits per heavy atom. The van der Waals surface area contributed by atoms with Crippen LogP contribution in [0.25, 0.3) is 0 Å². The molecule has 1 saturated carbocycles. The van der Waals surface area contributed by atoms with Crippen molar-refractivity contribution >= 4 is 11.6 Å². The number of amides is 1. The number of nitriles is 1. The third-order valence-corrected chi connectivity index (χ3v) is 3.86. The molecular weight excluding hydrogens is 238 g/mol. The zero-order valence-electron chi connectivity index (χ0n) is 11.2. The fraction of sp³-hybridized carbons (Fsp3) is 0.467. The minimum Gasteiger partial charge on any atom is -0.325 e. The molecule has 1 aromatic carbocycles. The van der Waals surface area contributed by atoms with Crippen LogP contribution >= 0.6 is 0 Å². The van der Waals surface area contributed by atoms with Crippen molar-refractivity contribution in [1.29, 1.82) is 5.26 Å². The molecule has 0 bridgehead atoms. The van der Waals surface area contributed by atoms with E-state index in [2.05, 4.69) is 6.07 Å². The second-order valence-corrected chi connectivity index (χ2v) is 5.36. The van der Waals surface area contributed by atoms with Crippen molar-refractivity contribution in [2.24, 2.45) is 5.73 Å². The number of carbonyl (C=O) groups is 1. The lowest BCUT2D eigenvalue weighted by Crippen LogP contribution is -2.42. The first-order valence-electron chi connectivity index (χ1n) is 6.60. The fourth-order valence-electron chi connectivity index (χ4n) is 2.58. The van der Waals surface area contributed by atoms with Crippen LogP contribution in [-0.4, -0.2) is 18.5 Å². The molecule has 100 valence electrons. The molecule has 1 aliphatic rings. The van der Waals surface area contributed by atoms with Gasteiger partial charge in [-0.25, -0.2) is 0 Å². The lowest BCUT2D eigenvalue weighted by Gasteiger charge is -2.26. The van der Waals surface area contributed by atoms with E-state index < -0.39 is 0 Å². The van der Waals surface area contributed by atoms with Crippen LogP contribution in [-0.2, 0) is 4.79 Å². The molecule has 2 rings (SSSR count). The van der Waals surface area contributed by atoms with Crippen LogP contribution in [0.15, 0.2) is 24.3 Å². The van der Waals surface area contributed by atoms with Gasteiger partial charge in [0.1, 0.15) is 0 Å². The zero-order chi connectivity index (χ0) is 13.9. The van der Waals surface area contributed by atoms with E-state index in [1.807, 2.05) is 0 Å². The summed E-state index contributed by atoms with van der Waals surface area (Å²) in [6.07, 6.45) is 4.48. The Bertz CT molecular complexity index is 495. The van der Waals surface area contributed by atoms with E-state index in [0.29, 0.717) is 12.0 Å². The summed E-state index contributed by atoms with van der Waals surface area (Å²) in [5.74, 6) is 0.0362. The number of rotatable bonds is 3. The van der Waals surface area contributed by atoms with E-state index in [4.69, 9.17) is 11.0 Å². The summed E-state index contributed by atoms with van der Waals surface area (Å²) in [4.78, 5) is 13.9. The van der Waals surface area contributed by atoms with Crippen LogP contribution < -0.4 is 10.6 Å². The van der Waals surface area contributed by atoms with Gasteiger partial charge in [-0.05, 0) is 37.1 Å². The summed E-state index contributed by atoms with van der Waals surface area (Å²) in [6, 6.07) is 9.07. The Morgan fingerprint density at radius 3 is 2.47 bits per heavy atom. The predicted molar refractivity (Wildman–Crippen MR) is 74.6 cm³/mol. The number of benzene rings is 1. The lowest BCUT2D eigenvalue weighted by atomic mass is 9.94. The van der Waals surface area contributed by atoms with Crippen molar-refractivity contribution < 1.29 is 4.79 Å². The highest BCUT2D eigenvalue weighted by Crippen LogP contribution is 2.31. The molecule has 19 heavy (non-hydrogen) atoms. The third-order valence-electron chi connectivity index (χ3n) is 3.86. The van der Waals surface area contributed by atoms with E-state index >= 15 is 0 Å². The van der Waals surface area contributed by atoms with Gasteiger partial charge in [0.15, 0.2) is 0 Å². The Kier molecular flexibility index (Phi) is 3.87. The Balaban J connectivity index is 2.04. The van der Waals surface area contributed by atoms with Crippen LogP contribution in [0, 0.1) is 11.3 Å². The molecule has 0 saturated heterocycles. The molecule has 0 atom stereocenters. The second-order valence-electron chi connectivity index (χ2n) is 5.36. The zero-order valence-corrected chi connectivity index (χ0v) is 11.2. The monoisotopic (exact) mass is 257 g/mol. The van der Waals surface area contributed by atoms with Crippen molar-refractivity contribution in [2.45, 2.75) is 37.6 Å². The number of nitrogens with zero attached hydrogens (tertiary/aromatic N) is 2. The number of carbonyl (C=O) groups excluding carboxylic acids is 1. The molecular formula is C15H19N3O. The SMILES string of the molecule is CN(C(=O)CC1(N)CCCC1)c1ccc(C#N)cc1. The summed E-state index contributed by atoms with van der Waals surface area (Å²) in [6.45, 7) is 0. The summed E-state index contributed by atoms with van der Waals surface area (Å²) >= 11 is 0. The van der Waals surface area contributed by atoms with Gasteiger partial charge in [-0.1, -0.05) is 12.8 Å². The summed E-state index contributed by atoms with van der Waals surface area (Å²) < 4.78 is 0. The molecule has 0 spiro atoms.